The highest BCUT2D eigenvalue weighted by molar-refractivity contribution is 5.47. The van der Waals surface area contributed by atoms with Crippen LogP contribution in [0.25, 0.3) is 0 Å². The zero-order valence-electron chi connectivity index (χ0n) is 36.0. The second-order valence-electron chi connectivity index (χ2n) is 17.1. The third kappa shape index (κ3) is 18.6. The lowest BCUT2D eigenvalue weighted by atomic mass is 9.94. The number of anilines is 2. The lowest BCUT2D eigenvalue weighted by Crippen LogP contribution is -1.99. The number of aryl methyl sites for hydroxylation is 4. The van der Waals surface area contributed by atoms with Crippen LogP contribution >= 0.6 is 0 Å². The van der Waals surface area contributed by atoms with Gasteiger partial charge in [-0.2, -0.15) is 0 Å². The van der Waals surface area contributed by atoms with Gasteiger partial charge in [-0.1, -0.05) is 190 Å². The lowest BCUT2D eigenvalue weighted by molar-refractivity contribution is 0.540. The first kappa shape index (κ1) is 45.2. The highest BCUT2D eigenvalue weighted by Gasteiger charge is 2.08. The molecule has 4 aromatic rings. The summed E-state index contributed by atoms with van der Waals surface area (Å²) in [5.74, 6) is 0. The summed E-state index contributed by atoms with van der Waals surface area (Å²) in [6.07, 6.45) is 36.5. The van der Waals surface area contributed by atoms with E-state index >= 15 is 0 Å². The normalized spacial score (nSPS) is 11.4. The first-order chi connectivity index (χ1) is 27.5. The molecule has 0 heterocycles. The summed E-state index contributed by atoms with van der Waals surface area (Å²) < 4.78 is 0. The van der Waals surface area contributed by atoms with Gasteiger partial charge in [-0.05, 0) is 133 Å². The lowest BCUT2D eigenvalue weighted by Gasteiger charge is -2.12. The monoisotopic (exact) mass is 757 g/mol. The number of hydrogen-bond donors (Lipinski definition) is 2. The van der Waals surface area contributed by atoms with Crippen molar-refractivity contribution in [3.63, 3.8) is 0 Å². The van der Waals surface area contributed by atoms with Crippen molar-refractivity contribution >= 4 is 11.4 Å². The van der Waals surface area contributed by atoms with Crippen molar-refractivity contribution in [3.8, 4) is 0 Å². The first-order valence-electron chi connectivity index (χ1n) is 23.4. The Morgan fingerprint density at radius 2 is 0.571 bits per heavy atom. The highest BCUT2D eigenvalue weighted by atomic mass is 14.5. The Morgan fingerprint density at radius 3 is 0.911 bits per heavy atom. The Balaban J connectivity index is 0.977. The number of hydrogen-bond acceptors (Lipinski definition) is 2. The first-order valence-corrected chi connectivity index (χ1v) is 23.4. The minimum Gasteiger partial charge on any atom is -0.399 e. The maximum atomic E-state index is 6.16. The predicted molar refractivity (Wildman–Crippen MR) is 248 cm³/mol. The average molecular weight is 757 g/mol. The number of benzene rings is 4. The van der Waals surface area contributed by atoms with E-state index in [1.165, 1.54) is 199 Å². The molecule has 4 aromatic carbocycles. The minimum absolute atomic E-state index is 0.895. The molecule has 0 atom stereocenters. The largest absolute Gasteiger partial charge is 0.399 e. The summed E-state index contributed by atoms with van der Waals surface area (Å²) in [7, 11) is 0. The van der Waals surface area contributed by atoms with Crippen LogP contribution in [-0.2, 0) is 38.5 Å². The molecule has 0 spiro atoms. The van der Waals surface area contributed by atoms with Gasteiger partial charge in [0.05, 0.1) is 0 Å². The Morgan fingerprint density at radius 1 is 0.286 bits per heavy atom. The molecule has 0 unspecified atom stereocenters. The maximum Gasteiger partial charge on any atom is 0.0316 e. The number of rotatable bonds is 31. The molecule has 4 rings (SSSR count). The molecule has 2 heteroatoms. The van der Waals surface area contributed by atoms with Crippen molar-refractivity contribution in [2.24, 2.45) is 0 Å². The van der Waals surface area contributed by atoms with E-state index in [9.17, 15) is 0 Å². The minimum atomic E-state index is 0.895. The van der Waals surface area contributed by atoms with Crippen molar-refractivity contribution in [2.45, 2.75) is 194 Å². The Hall–Kier alpha value is -3.52. The Labute approximate surface area is 344 Å². The Kier molecular flexibility index (Phi) is 22.6. The smallest absolute Gasteiger partial charge is 0.0316 e. The van der Waals surface area contributed by atoms with Gasteiger partial charge < -0.3 is 11.5 Å². The van der Waals surface area contributed by atoms with E-state index in [0.717, 1.165) is 37.1 Å². The van der Waals surface area contributed by atoms with E-state index in [4.69, 9.17) is 11.5 Å². The molecule has 0 aromatic heterocycles. The van der Waals surface area contributed by atoms with Crippen molar-refractivity contribution in [2.75, 3.05) is 11.5 Å². The summed E-state index contributed by atoms with van der Waals surface area (Å²) in [6.45, 7) is 4.56. The van der Waals surface area contributed by atoms with Crippen LogP contribution in [0, 0.1) is 0 Å². The number of unbranched alkanes of at least 4 members (excludes halogenated alkanes) is 19. The van der Waals surface area contributed by atoms with Gasteiger partial charge in [-0.3, -0.25) is 0 Å². The van der Waals surface area contributed by atoms with Gasteiger partial charge in [0.2, 0.25) is 0 Å². The molecule has 56 heavy (non-hydrogen) atoms. The summed E-state index contributed by atoms with van der Waals surface area (Å²) in [5, 5.41) is 0. The summed E-state index contributed by atoms with van der Waals surface area (Å²) in [6, 6.07) is 31.9. The van der Waals surface area contributed by atoms with Crippen LogP contribution in [0.4, 0.5) is 11.4 Å². The molecule has 0 amide bonds. The fraction of sp³-hybridized carbons (Fsp3) is 0.556. The molecule has 0 fully saturated rings. The van der Waals surface area contributed by atoms with E-state index in [1.54, 1.807) is 0 Å². The van der Waals surface area contributed by atoms with Gasteiger partial charge in [0.15, 0.2) is 0 Å². The molecule has 0 bridgehead atoms. The van der Waals surface area contributed by atoms with Crippen LogP contribution in [-0.4, -0.2) is 0 Å². The molecule has 0 aliphatic carbocycles. The zero-order chi connectivity index (χ0) is 39.5. The molecule has 0 radical (unpaired) electrons. The number of nitrogen functional groups attached to an aromatic ring is 2. The van der Waals surface area contributed by atoms with Crippen LogP contribution in [0.5, 0.6) is 0 Å². The summed E-state index contributed by atoms with van der Waals surface area (Å²) in [4.78, 5) is 0. The van der Waals surface area contributed by atoms with Gasteiger partial charge in [0.1, 0.15) is 0 Å². The Bertz CT molecular complexity index is 1460. The van der Waals surface area contributed by atoms with E-state index in [2.05, 4.69) is 98.8 Å². The molecular formula is C54H80N2. The van der Waals surface area contributed by atoms with E-state index in [1.807, 2.05) is 0 Å². The third-order valence-corrected chi connectivity index (χ3v) is 12.1. The van der Waals surface area contributed by atoms with Crippen molar-refractivity contribution in [1.29, 1.82) is 0 Å². The van der Waals surface area contributed by atoms with Gasteiger partial charge in [0, 0.05) is 11.4 Å². The predicted octanol–water partition coefficient (Wildman–Crippen LogP) is 15.5. The molecule has 0 saturated heterocycles. The molecule has 2 nitrogen and oxygen atoms in total. The number of nitrogens with two attached hydrogens (primary N) is 2. The molecule has 0 aliphatic rings. The van der Waals surface area contributed by atoms with Crippen molar-refractivity contribution < 1.29 is 0 Å². The second-order valence-corrected chi connectivity index (χ2v) is 17.1. The van der Waals surface area contributed by atoms with Crippen LogP contribution in [0.2, 0.25) is 0 Å². The van der Waals surface area contributed by atoms with Gasteiger partial charge in [-0.15, -0.1) is 0 Å². The van der Waals surface area contributed by atoms with Crippen LogP contribution in [0.1, 0.15) is 200 Å². The topological polar surface area (TPSA) is 52.0 Å². The molecule has 306 valence electrons. The maximum absolute atomic E-state index is 6.16. The second kappa shape index (κ2) is 28.0. The van der Waals surface area contributed by atoms with Gasteiger partial charge in [-0.25, -0.2) is 0 Å². The fourth-order valence-corrected chi connectivity index (χ4v) is 8.45. The molecular weight excluding hydrogens is 677 g/mol. The summed E-state index contributed by atoms with van der Waals surface area (Å²) in [5.41, 5.74) is 25.7. The quantitative estimate of drug-likeness (QED) is 0.0397. The van der Waals surface area contributed by atoms with Crippen molar-refractivity contribution in [1.82, 2.24) is 0 Å². The van der Waals surface area contributed by atoms with E-state index in [-0.39, 0.29) is 0 Å². The molecule has 4 N–H and O–H groups in total. The zero-order valence-corrected chi connectivity index (χ0v) is 36.0. The fourth-order valence-electron chi connectivity index (χ4n) is 8.45. The third-order valence-electron chi connectivity index (χ3n) is 12.1. The van der Waals surface area contributed by atoms with Crippen LogP contribution in [0.15, 0.2) is 84.9 Å². The highest BCUT2D eigenvalue weighted by Crippen LogP contribution is 2.23. The summed E-state index contributed by atoms with van der Waals surface area (Å²) >= 11 is 0. The standard InChI is InChI=1S/C54H80N2/c1-3-5-7-17-23-27-49-43-53(55)39-37-51(49)41-47-33-29-45(30-34-47)25-21-19-15-13-11-9-10-12-14-16-20-22-26-46-31-35-48(36-32-46)42-52-38-40-54(56)44-50(52)28-24-18-8-6-4-2/h29-40,43-44H,3-28,41-42,55-56H2,1-2H3. The van der Waals surface area contributed by atoms with E-state index < -0.39 is 0 Å². The van der Waals surface area contributed by atoms with Gasteiger partial charge in [0.25, 0.3) is 0 Å². The molecule has 0 saturated carbocycles. The van der Waals surface area contributed by atoms with Crippen molar-refractivity contribution in [3.05, 3.63) is 129 Å². The van der Waals surface area contributed by atoms with E-state index in [0.29, 0.717) is 0 Å². The van der Waals surface area contributed by atoms with Crippen LogP contribution in [0.3, 0.4) is 0 Å². The van der Waals surface area contributed by atoms with Crippen LogP contribution < -0.4 is 11.5 Å². The molecule has 0 aliphatic heterocycles. The average Bonchev–Trinajstić information content (AvgIpc) is 3.21. The van der Waals surface area contributed by atoms with Gasteiger partial charge >= 0.3 is 0 Å². The SMILES string of the molecule is CCCCCCCc1cc(N)ccc1Cc1ccc(CCCCCCCCCCCCCCc2ccc(Cc3ccc(N)cc3CCCCCCC)cc2)cc1.